The van der Waals surface area contributed by atoms with Gasteiger partial charge in [-0.15, -0.1) is 0 Å². The highest BCUT2D eigenvalue weighted by Crippen LogP contribution is 2.23. The Morgan fingerprint density at radius 2 is 1.67 bits per heavy atom. The summed E-state index contributed by atoms with van der Waals surface area (Å²) in [6.07, 6.45) is 0. The zero-order chi connectivity index (χ0) is 16.0. The van der Waals surface area contributed by atoms with E-state index in [2.05, 4.69) is 5.32 Å². The van der Waals surface area contributed by atoms with Crippen molar-refractivity contribution >= 4 is 11.9 Å². The van der Waals surface area contributed by atoms with Crippen LogP contribution in [-0.4, -0.2) is 25.0 Å². The number of carbonyl (C=O) groups excluding carboxylic acids is 2. The second-order valence-corrected chi connectivity index (χ2v) is 5.36. The van der Waals surface area contributed by atoms with Gasteiger partial charge in [0.1, 0.15) is 0 Å². The lowest BCUT2D eigenvalue weighted by molar-refractivity contribution is -0.146. The quantitative estimate of drug-likeness (QED) is 0.781. The Morgan fingerprint density at radius 3 is 2.14 bits per heavy atom. The van der Waals surface area contributed by atoms with E-state index in [1.807, 2.05) is 30.3 Å². The van der Waals surface area contributed by atoms with Crippen LogP contribution in [0.5, 0.6) is 0 Å². The first-order valence-electron chi connectivity index (χ1n) is 7.07. The molecule has 0 saturated carbocycles. The van der Waals surface area contributed by atoms with E-state index in [4.69, 9.17) is 10.5 Å². The van der Waals surface area contributed by atoms with Crippen molar-refractivity contribution in [2.75, 3.05) is 7.11 Å². The highest BCUT2D eigenvalue weighted by Gasteiger charge is 2.29. The molecule has 4 unspecified atom stereocenters. The molecule has 0 aromatic heterocycles. The molecule has 0 saturated heterocycles. The molecule has 0 aliphatic heterocycles. The molecule has 0 aliphatic carbocycles. The van der Waals surface area contributed by atoms with E-state index < -0.39 is 12.0 Å². The number of carbonyl (C=O) groups is 2. The molecule has 1 aromatic carbocycles. The second kappa shape index (κ2) is 7.78. The molecule has 1 amide bonds. The summed E-state index contributed by atoms with van der Waals surface area (Å²) in [4.78, 5) is 24.1. The molecule has 0 heterocycles. The predicted molar refractivity (Wildman–Crippen MR) is 81.3 cm³/mol. The van der Waals surface area contributed by atoms with Crippen LogP contribution < -0.4 is 11.1 Å². The number of esters is 1. The first-order chi connectivity index (χ1) is 9.88. The van der Waals surface area contributed by atoms with Crippen molar-refractivity contribution < 1.29 is 14.3 Å². The largest absolute Gasteiger partial charge is 0.469 e. The molecule has 1 aromatic rings. The van der Waals surface area contributed by atoms with E-state index in [0.717, 1.165) is 5.56 Å². The lowest BCUT2D eigenvalue weighted by Crippen LogP contribution is -2.43. The minimum atomic E-state index is -0.485. The van der Waals surface area contributed by atoms with E-state index in [9.17, 15) is 9.59 Å². The molecule has 0 fully saturated rings. The van der Waals surface area contributed by atoms with Gasteiger partial charge in [-0.3, -0.25) is 9.59 Å². The summed E-state index contributed by atoms with van der Waals surface area (Å²) < 4.78 is 4.79. The van der Waals surface area contributed by atoms with Gasteiger partial charge in [0, 0.05) is 12.0 Å². The van der Waals surface area contributed by atoms with Crippen LogP contribution in [0.1, 0.15) is 32.4 Å². The van der Waals surface area contributed by atoms with Crippen LogP contribution in [0, 0.1) is 11.8 Å². The van der Waals surface area contributed by atoms with Gasteiger partial charge in [-0.2, -0.15) is 0 Å². The van der Waals surface area contributed by atoms with Gasteiger partial charge in [0.25, 0.3) is 0 Å². The standard InChI is InChI=1S/C16H24N2O3/c1-10(12(3)17)15(19)18-14(11(2)16(20)21-4)13-8-6-5-7-9-13/h5-12,14H,17H2,1-4H3,(H,18,19). The van der Waals surface area contributed by atoms with Crippen LogP contribution in [0.3, 0.4) is 0 Å². The molecule has 4 atom stereocenters. The lowest BCUT2D eigenvalue weighted by Gasteiger charge is -2.26. The Bertz CT molecular complexity index is 474. The lowest BCUT2D eigenvalue weighted by atomic mass is 9.93. The average Bonchev–Trinajstić information content (AvgIpc) is 2.50. The normalized spacial score (nSPS) is 16.4. The van der Waals surface area contributed by atoms with Crippen LogP contribution in [-0.2, 0) is 14.3 Å². The maximum absolute atomic E-state index is 12.2. The number of methoxy groups -OCH3 is 1. The fourth-order valence-electron chi connectivity index (χ4n) is 2.00. The van der Waals surface area contributed by atoms with Crippen LogP contribution in [0.15, 0.2) is 30.3 Å². The summed E-state index contributed by atoms with van der Waals surface area (Å²) in [5.74, 6) is -1.35. The van der Waals surface area contributed by atoms with Crippen molar-refractivity contribution in [1.82, 2.24) is 5.32 Å². The number of amides is 1. The van der Waals surface area contributed by atoms with Gasteiger partial charge >= 0.3 is 5.97 Å². The van der Waals surface area contributed by atoms with Crippen LogP contribution in [0.4, 0.5) is 0 Å². The molecule has 0 spiro atoms. The summed E-state index contributed by atoms with van der Waals surface area (Å²) in [6.45, 7) is 5.29. The minimum absolute atomic E-state index is 0.172. The SMILES string of the molecule is COC(=O)C(C)C(NC(=O)C(C)C(C)N)c1ccccc1. The van der Waals surface area contributed by atoms with Gasteiger partial charge < -0.3 is 15.8 Å². The van der Waals surface area contributed by atoms with E-state index in [1.54, 1.807) is 20.8 Å². The Balaban J connectivity index is 2.98. The molecule has 21 heavy (non-hydrogen) atoms. The van der Waals surface area contributed by atoms with Gasteiger partial charge in [0.15, 0.2) is 0 Å². The van der Waals surface area contributed by atoms with Crippen molar-refractivity contribution in [3.05, 3.63) is 35.9 Å². The number of rotatable bonds is 6. The molecule has 0 radical (unpaired) electrons. The molecular weight excluding hydrogens is 268 g/mol. The van der Waals surface area contributed by atoms with Gasteiger partial charge in [-0.05, 0) is 19.4 Å². The van der Waals surface area contributed by atoms with Gasteiger partial charge in [0.05, 0.1) is 19.1 Å². The van der Waals surface area contributed by atoms with Gasteiger partial charge in [0.2, 0.25) is 5.91 Å². The number of hydrogen-bond donors (Lipinski definition) is 2. The third-order valence-corrected chi connectivity index (χ3v) is 3.73. The number of benzene rings is 1. The summed E-state index contributed by atoms with van der Waals surface area (Å²) in [6, 6.07) is 8.68. The summed E-state index contributed by atoms with van der Waals surface area (Å²) in [7, 11) is 1.34. The maximum Gasteiger partial charge on any atom is 0.310 e. The Kier molecular flexibility index (Phi) is 6.37. The third-order valence-electron chi connectivity index (χ3n) is 3.73. The topological polar surface area (TPSA) is 81.4 Å². The van der Waals surface area contributed by atoms with Crippen molar-refractivity contribution in [1.29, 1.82) is 0 Å². The number of ether oxygens (including phenoxy) is 1. The van der Waals surface area contributed by atoms with E-state index in [0.29, 0.717) is 0 Å². The Labute approximate surface area is 125 Å². The fourth-order valence-corrected chi connectivity index (χ4v) is 2.00. The first-order valence-corrected chi connectivity index (χ1v) is 7.07. The summed E-state index contributed by atoms with van der Waals surface area (Å²) >= 11 is 0. The number of hydrogen-bond acceptors (Lipinski definition) is 4. The van der Waals surface area contributed by atoms with E-state index in [1.165, 1.54) is 7.11 Å². The first kappa shape index (κ1) is 17.2. The van der Waals surface area contributed by atoms with Crippen LogP contribution in [0.25, 0.3) is 0 Å². The smallest absolute Gasteiger partial charge is 0.310 e. The molecule has 0 bridgehead atoms. The molecule has 1 rings (SSSR count). The monoisotopic (exact) mass is 292 g/mol. The molecule has 5 heteroatoms. The average molecular weight is 292 g/mol. The molecule has 3 N–H and O–H groups in total. The Hall–Kier alpha value is -1.88. The zero-order valence-corrected chi connectivity index (χ0v) is 13.0. The molecular formula is C16H24N2O3. The van der Waals surface area contributed by atoms with Gasteiger partial charge in [-0.25, -0.2) is 0 Å². The molecule has 116 valence electrons. The molecule has 5 nitrogen and oxygen atoms in total. The highest BCUT2D eigenvalue weighted by molar-refractivity contribution is 5.81. The fraction of sp³-hybridized carbons (Fsp3) is 0.500. The molecule has 0 aliphatic rings. The number of nitrogens with one attached hydrogen (secondary N) is 1. The second-order valence-electron chi connectivity index (χ2n) is 5.36. The van der Waals surface area contributed by atoms with E-state index in [-0.39, 0.29) is 23.8 Å². The van der Waals surface area contributed by atoms with Crippen LogP contribution in [0.2, 0.25) is 0 Å². The van der Waals surface area contributed by atoms with Crippen molar-refractivity contribution in [2.24, 2.45) is 17.6 Å². The summed E-state index contributed by atoms with van der Waals surface area (Å²) in [5.41, 5.74) is 6.62. The van der Waals surface area contributed by atoms with E-state index >= 15 is 0 Å². The van der Waals surface area contributed by atoms with Crippen LogP contribution >= 0.6 is 0 Å². The maximum atomic E-state index is 12.2. The van der Waals surface area contributed by atoms with Crippen molar-refractivity contribution in [2.45, 2.75) is 32.9 Å². The summed E-state index contributed by atoms with van der Waals surface area (Å²) in [5, 5.41) is 2.91. The predicted octanol–water partition coefficient (Wildman–Crippen LogP) is 1.64. The Morgan fingerprint density at radius 1 is 1.10 bits per heavy atom. The number of nitrogens with two attached hydrogens (primary N) is 1. The minimum Gasteiger partial charge on any atom is -0.469 e. The van der Waals surface area contributed by atoms with Gasteiger partial charge in [-0.1, -0.05) is 37.3 Å². The highest BCUT2D eigenvalue weighted by atomic mass is 16.5. The van der Waals surface area contributed by atoms with Crippen molar-refractivity contribution in [3.63, 3.8) is 0 Å². The van der Waals surface area contributed by atoms with Crippen molar-refractivity contribution in [3.8, 4) is 0 Å². The third kappa shape index (κ3) is 4.56. The zero-order valence-electron chi connectivity index (χ0n) is 13.0.